The number of hydrogen-bond acceptors (Lipinski definition) is 10. The Balaban J connectivity index is 1.19. The summed E-state index contributed by atoms with van der Waals surface area (Å²) >= 11 is 7.87. The van der Waals surface area contributed by atoms with Crippen LogP contribution in [-0.4, -0.2) is 88.7 Å². The van der Waals surface area contributed by atoms with Crippen LogP contribution in [0, 0.1) is 23.0 Å². The minimum atomic E-state index is -0.713. The third kappa shape index (κ3) is 4.56. The molecule has 7 heterocycles. The van der Waals surface area contributed by atoms with E-state index in [1.54, 1.807) is 6.07 Å². The number of hydrogen-bond donors (Lipinski definition) is 2. The second-order valence-electron chi connectivity index (χ2n) is 13.7. The summed E-state index contributed by atoms with van der Waals surface area (Å²) < 4.78 is 38.6. The molecule has 2 aromatic heterocycles. The quantitative estimate of drug-likeness (QED) is 0.267. The zero-order valence-corrected chi connectivity index (χ0v) is 27.6. The van der Waals surface area contributed by atoms with Crippen molar-refractivity contribution in [3.8, 4) is 23.2 Å². The maximum Gasteiger partial charge on any atom is 0.319 e. The lowest BCUT2D eigenvalue weighted by Crippen LogP contribution is -2.56. The first kappa shape index (κ1) is 30.2. The molecule has 3 N–H and O–H groups in total. The number of thiophene rings is 1. The van der Waals surface area contributed by atoms with E-state index in [4.69, 9.17) is 27.1 Å². The fraction of sp³-hybridized carbons (Fsp3) is 0.471. The van der Waals surface area contributed by atoms with E-state index >= 15 is 4.39 Å². The molecule has 9 rings (SSSR count). The van der Waals surface area contributed by atoms with Gasteiger partial charge in [0.2, 0.25) is 5.91 Å². The number of carbonyl (C=O) groups excluding carboxylic acids is 1. The molecule has 3 atom stereocenters. The lowest BCUT2D eigenvalue weighted by Gasteiger charge is -2.42. The second-order valence-corrected chi connectivity index (χ2v) is 15.2. The number of amides is 1. The minimum absolute atomic E-state index is 0.00532. The molecule has 5 aliphatic heterocycles. The number of nitrogens with two attached hydrogens (primary N) is 1. The van der Waals surface area contributed by atoms with E-state index in [1.807, 2.05) is 4.90 Å². The maximum absolute atomic E-state index is 17.1. The number of benzene rings is 2. The largest absolute Gasteiger partial charge is 0.461 e. The highest BCUT2D eigenvalue weighted by molar-refractivity contribution is 7.23. The zero-order chi connectivity index (χ0) is 32.9. The molecule has 5 aliphatic rings. The van der Waals surface area contributed by atoms with Gasteiger partial charge in [-0.1, -0.05) is 17.7 Å². The first-order valence-electron chi connectivity index (χ1n) is 16.6. The minimum Gasteiger partial charge on any atom is -0.461 e. The van der Waals surface area contributed by atoms with Crippen molar-refractivity contribution in [1.82, 2.24) is 25.1 Å². The number of carbonyl (C=O) groups is 1. The molecule has 5 saturated heterocycles. The molecule has 0 spiro atoms. The molecular formula is C34H33ClF2N8O2S. The van der Waals surface area contributed by atoms with Gasteiger partial charge in [-0.05, 0) is 69.3 Å². The van der Waals surface area contributed by atoms with Crippen LogP contribution >= 0.6 is 22.9 Å². The standard InChI is InChI=1S/C34H33ClF2N8O2S/c35-22-11-20-28(27(37)26(22)19-5-6-23(36)29-25(19)21(12-38)30(39)48-29)41-33(47-16-34-7-1-9-44(34)10-2-8-34)42-31(20)45-17-3-4-18(45)15-43(14-17)32(46)24-13-40-24/h5-6,11,17-18,24,40H,1-4,7-10,13-16,39H2/t17?,18?,24-/m1/s1. The molecule has 5 fully saturated rings. The number of likely N-dealkylation sites (tertiary alicyclic amines) is 1. The van der Waals surface area contributed by atoms with Gasteiger partial charge in [0.05, 0.1) is 26.9 Å². The van der Waals surface area contributed by atoms with Gasteiger partial charge >= 0.3 is 6.01 Å². The van der Waals surface area contributed by atoms with Crippen LogP contribution in [0.25, 0.3) is 32.1 Å². The summed E-state index contributed by atoms with van der Waals surface area (Å²) in [6, 6.07) is 6.33. The van der Waals surface area contributed by atoms with E-state index in [2.05, 4.69) is 26.2 Å². The summed E-state index contributed by atoms with van der Waals surface area (Å²) in [5.41, 5.74) is 6.40. The number of nitrogen functional groups attached to an aromatic ring is 1. The van der Waals surface area contributed by atoms with Crippen LogP contribution in [0.4, 0.5) is 19.6 Å². The normalized spacial score (nSPS) is 24.4. The van der Waals surface area contributed by atoms with Gasteiger partial charge in [0.15, 0.2) is 5.82 Å². The molecule has 10 nitrogen and oxygen atoms in total. The zero-order valence-electron chi connectivity index (χ0n) is 26.1. The summed E-state index contributed by atoms with van der Waals surface area (Å²) in [6.45, 7) is 4.28. The molecule has 248 valence electrons. The van der Waals surface area contributed by atoms with E-state index in [0.29, 0.717) is 37.4 Å². The van der Waals surface area contributed by atoms with Gasteiger partial charge in [0, 0.05) is 48.1 Å². The van der Waals surface area contributed by atoms with Crippen LogP contribution in [0.15, 0.2) is 18.2 Å². The first-order valence-corrected chi connectivity index (χ1v) is 17.7. The molecule has 4 aromatic rings. The number of fused-ring (bicyclic) bond motifs is 5. The van der Waals surface area contributed by atoms with Crippen molar-refractivity contribution in [2.45, 2.75) is 62.2 Å². The van der Waals surface area contributed by atoms with Crippen LogP contribution in [-0.2, 0) is 4.79 Å². The summed E-state index contributed by atoms with van der Waals surface area (Å²) in [5, 5.41) is 13.9. The number of rotatable bonds is 6. The number of nitrogens with one attached hydrogen (secondary N) is 1. The van der Waals surface area contributed by atoms with Crippen molar-refractivity contribution in [1.29, 1.82) is 5.26 Å². The number of halogens is 3. The maximum atomic E-state index is 17.1. The van der Waals surface area contributed by atoms with E-state index in [-0.39, 0.29) is 77.9 Å². The molecule has 48 heavy (non-hydrogen) atoms. The smallest absolute Gasteiger partial charge is 0.319 e. The van der Waals surface area contributed by atoms with Gasteiger partial charge in [-0.15, -0.1) is 11.3 Å². The number of ether oxygens (including phenoxy) is 1. The predicted octanol–water partition coefficient (Wildman–Crippen LogP) is 5.06. The Morgan fingerprint density at radius 3 is 2.60 bits per heavy atom. The highest BCUT2D eigenvalue weighted by Crippen LogP contribution is 2.47. The molecule has 2 unspecified atom stereocenters. The van der Waals surface area contributed by atoms with E-state index in [9.17, 15) is 14.4 Å². The van der Waals surface area contributed by atoms with Crippen LogP contribution in [0.3, 0.4) is 0 Å². The SMILES string of the molecule is N#Cc1c(N)sc2c(F)ccc(-c3c(Cl)cc4c(N5C6CCC5CN(C(=O)[C@H]5CN5)C6)nc(OCC56CCCN5CCC6)nc4c3F)c12. The molecule has 2 bridgehead atoms. The molecule has 2 aromatic carbocycles. The van der Waals surface area contributed by atoms with Gasteiger partial charge < -0.3 is 25.6 Å². The van der Waals surface area contributed by atoms with Crippen LogP contribution in [0.2, 0.25) is 5.02 Å². The molecule has 0 aliphatic carbocycles. The number of aromatic nitrogens is 2. The first-order chi connectivity index (χ1) is 23.3. The van der Waals surface area contributed by atoms with Crippen molar-refractivity contribution in [2.75, 3.05) is 50.0 Å². The third-order valence-electron chi connectivity index (χ3n) is 11.1. The fourth-order valence-corrected chi connectivity index (χ4v) is 9.96. The second kappa shape index (κ2) is 11.1. The lowest BCUT2D eigenvalue weighted by atomic mass is 9.95. The van der Waals surface area contributed by atoms with E-state index in [0.717, 1.165) is 63.0 Å². The summed E-state index contributed by atoms with van der Waals surface area (Å²) in [6.07, 6.45) is 6.01. The Labute approximate surface area is 284 Å². The highest BCUT2D eigenvalue weighted by atomic mass is 35.5. The fourth-order valence-electron chi connectivity index (χ4n) is 8.72. The molecule has 14 heteroatoms. The van der Waals surface area contributed by atoms with Gasteiger partial charge in [-0.25, -0.2) is 8.78 Å². The number of nitrogens with zero attached hydrogens (tertiary/aromatic N) is 6. The monoisotopic (exact) mass is 690 g/mol. The number of nitriles is 1. The molecule has 0 saturated carbocycles. The Hall–Kier alpha value is -3.83. The Morgan fingerprint density at radius 2 is 1.92 bits per heavy atom. The number of piperazine rings is 1. The highest BCUT2D eigenvalue weighted by Gasteiger charge is 2.47. The average Bonchev–Trinajstić information content (AvgIpc) is 3.48. The van der Waals surface area contributed by atoms with Gasteiger partial charge in [-0.3, -0.25) is 9.69 Å². The van der Waals surface area contributed by atoms with Crippen LogP contribution < -0.4 is 20.7 Å². The third-order valence-corrected chi connectivity index (χ3v) is 12.4. The Bertz CT molecular complexity index is 2040. The van der Waals surface area contributed by atoms with Crippen molar-refractivity contribution in [2.24, 2.45) is 0 Å². The average molecular weight is 691 g/mol. The lowest BCUT2D eigenvalue weighted by molar-refractivity contribution is -0.131. The summed E-state index contributed by atoms with van der Waals surface area (Å²) in [4.78, 5) is 29.2. The van der Waals surface area contributed by atoms with Crippen molar-refractivity contribution < 1.29 is 18.3 Å². The predicted molar refractivity (Wildman–Crippen MR) is 180 cm³/mol. The van der Waals surface area contributed by atoms with Crippen LogP contribution in [0.5, 0.6) is 6.01 Å². The molecular weight excluding hydrogens is 658 g/mol. The topological polar surface area (TPSA) is 134 Å². The molecule has 1 amide bonds. The van der Waals surface area contributed by atoms with Crippen molar-refractivity contribution >= 4 is 60.7 Å². The number of anilines is 2. The van der Waals surface area contributed by atoms with Gasteiger partial charge in [-0.2, -0.15) is 15.2 Å². The Kier molecular flexibility index (Phi) is 6.99. The Morgan fingerprint density at radius 1 is 1.19 bits per heavy atom. The van der Waals surface area contributed by atoms with Crippen molar-refractivity contribution in [3.05, 3.63) is 40.4 Å². The van der Waals surface area contributed by atoms with Crippen LogP contribution in [0.1, 0.15) is 44.1 Å². The molecule has 0 radical (unpaired) electrons. The van der Waals surface area contributed by atoms with E-state index < -0.39 is 11.6 Å². The summed E-state index contributed by atoms with van der Waals surface area (Å²) in [5.74, 6) is -0.618. The van der Waals surface area contributed by atoms with E-state index in [1.165, 1.54) is 12.1 Å². The van der Waals surface area contributed by atoms with Crippen molar-refractivity contribution in [3.63, 3.8) is 0 Å². The van der Waals surface area contributed by atoms with Gasteiger partial charge in [0.25, 0.3) is 0 Å². The summed E-state index contributed by atoms with van der Waals surface area (Å²) in [7, 11) is 0. The van der Waals surface area contributed by atoms with Gasteiger partial charge in [0.1, 0.15) is 34.8 Å².